The fourth-order valence-electron chi connectivity index (χ4n) is 2.25. The Hall–Kier alpha value is -1.63. The van der Waals surface area contributed by atoms with Crippen LogP contribution in [0, 0.1) is 0 Å². The third kappa shape index (κ3) is 12.6. The number of rotatable bonds is 14. The molecule has 2 unspecified atom stereocenters. The van der Waals surface area contributed by atoms with Crippen LogP contribution in [-0.4, -0.2) is 45.3 Å². The Morgan fingerprint density at radius 1 is 0.957 bits per heavy atom. The van der Waals surface area contributed by atoms with E-state index in [1.54, 1.807) is 0 Å². The topological polar surface area (TPSA) is 124 Å². The predicted octanol–water partition coefficient (Wildman–Crippen LogP) is 1.92. The van der Waals surface area contributed by atoms with Crippen LogP contribution in [0.4, 0.5) is 0 Å². The minimum absolute atomic E-state index is 0.161. The number of carbonyl (C=O) groups is 3. The van der Waals surface area contributed by atoms with Gasteiger partial charge in [-0.2, -0.15) is 0 Å². The number of nitrogens with one attached hydrogen (secondary N) is 1. The van der Waals surface area contributed by atoms with Crippen molar-refractivity contribution in [3.05, 3.63) is 0 Å². The number of unbranched alkanes of at least 4 members (excludes halogenated alkanes) is 5. The van der Waals surface area contributed by atoms with Crippen molar-refractivity contribution in [1.82, 2.24) is 5.32 Å². The normalized spacial score (nSPS) is 13.3. The summed E-state index contributed by atoms with van der Waals surface area (Å²) < 4.78 is 0. The average molecular weight is 331 g/mol. The molecule has 7 heteroatoms. The number of carboxylic acid groups (broad SMARTS) is 2. The van der Waals surface area contributed by atoms with E-state index in [-0.39, 0.29) is 19.3 Å². The average Bonchev–Trinajstić information content (AvgIpc) is 2.46. The van der Waals surface area contributed by atoms with Crippen LogP contribution in [0.5, 0.6) is 0 Å². The summed E-state index contributed by atoms with van der Waals surface area (Å²) in [5.41, 5.74) is 0. The number of aliphatic hydroxyl groups is 1. The molecule has 0 radical (unpaired) electrons. The first kappa shape index (κ1) is 21.4. The van der Waals surface area contributed by atoms with Crippen LogP contribution in [0.1, 0.15) is 71.1 Å². The van der Waals surface area contributed by atoms with E-state index in [0.29, 0.717) is 6.42 Å². The summed E-state index contributed by atoms with van der Waals surface area (Å²) in [7, 11) is 0. The maximum atomic E-state index is 11.7. The number of hydrogen-bond acceptors (Lipinski definition) is 4. The quantitative estimate of drug-likeness (QED) is 0.361. The number of hydrogen-bond donors (Lipinski definition) is 4. The van der Waals surface area contributed by atoms with E-state index in [1.807, 2.05) is 0 Å². The monoisotopic (exact) mass is 331 g/mol. The maximum Gasteiger partial charge on any atom is 0.326 e. The van der Waals surface area contributed by atoms with Gasteiger partial charge in [-0.1, -0.05) is 45.4 Å². The lowest BCUT2D eigenvalue weighted by atomic mass is 10.0. The molecular formula is C16H29NO6. The van der Waals surface area contributed by atoms with E-state index >= 15 is 0 Å². The second-order valence-electron chi connectivity index (χ2n) is 5.81. The molecule has 0 bridgehead atoms. The lowest BCUT2D eigenvalue weighted by molar-refractivity contribution is -0.143. The zero-order valence-electron chi connectivity index (χ0n) is 13.8. The Morgan fingerprint density at radius 3 is 2.13 bits per heavy atom. The highest BCUT2D eigenvalue weighted by Gasteiger charge is 2.22. The van der Waals surface area contributed by atoms with Crippen LogP contribution < -0.4 is 5.32 Å². The number of amides is 1. The molecule has 0 aromatic rings. The molecule has 0 aromatic carbocycles. The van der Waals surface area contributed by atoms with Gasteiger partial charge < -0.3 is 20.6 Å². The van der Waals surface area contributed by atoms with Gasteiger partial charge in [-0.25, -0.2) is 4.79 Å². The van der Waals surface area contributed by atoms with Crippen molar-refractivity contribution < 1.29 is 29.7 Å². The predicted molar refractivity (Wildman–Crippen MR) is 85.1 cm³/mol. The van der Waals surface area contributed by atoms with E-state index in [4.69, 9.17) is 10.2 Å². The molecule has 0 aromatic heterocycles. The summed E-state index contributed by atoms with van der Waals surface area (Å²) in [6.45, 7) is 2.14. The van der Waals surface area contributed by atoms with Gasteiger partial charge in [0.25, 0.3) is 0 Å². The lowest BCUT2D eigenvalue weighted by Gasteiger charge is -2.15. The largest absolute Gasteiger partial charge is 0.481 e. The van der Waals surface area contributed by atoms with E-state index in [0.717, 1.165) is 19.3 Å². The van der Waals surface area contributed by atoms with Crippen molar-refractivity contribution in [2.75, 3.05) is 0 Å². The molecule has 0 spiro atoms. The highest BCUT2D eigenvalue weighted by Crippen LogP contribution is 2.10. The Kier molecular flexibility index (Phi) is 12.0. The molecule has 0 aliphatic heterocycles. The first-order valence-corrected chi connectivity index (χ1v) is 8.28. The van der Waals surface area contributed by atoms with Gasteiger partial charge in [0.1, 0.15) is 6.04 Å². The van der Waals surface area contributed by atoms with Gasteiger partial charge in [-0.05, 0) is 12.8 Å². The molecule has 134 valence electrons. The highest BCUT2D eigenvalue weighted by molar-refractivity contribution is 5.84. The van der Waals surface area contributed by atoms with Crippen molar-refractivity contribution in [3.63, 3.8) is 0 Å². The van der Waals surface area contributed by atoms with Crippen LogP contribution >= 0.6 is 0 Å². The number of aliphatic carboxylic acids is 2. The third-order valence-corrected chi connectivity index (χ3v) is 3.59. The van der Waals surface area contributed by atoms with Gasteiger partial charge in [0.05, 0.1) is 12.5 Å². The van der Waals surface area contributed by atoms with Crippen molar-refractivity contribution in [3.8, 4) is 0 Å². The second kappa shape index (κ2) is 12.9. The van der Waals surface area contributed by atoms with E-state index in [1.165, 1.54) is 19.3 Å². The van der Waals surface area contributed by atoms with Gasteiger partial charge in [0, 0.05) is 6.42 Å². The number of carbonyl (C=O) groups excluding carboxylic acids is 1. The van der Waals surface area contributed by atoms with Crippen LogP contribution in [0.15, 0.2) is 0 Å². The summed E-state index contributed by atoms with van der Waals surface area (Å²) in [6, 6.07) is -1.24. The molecule has 2 atom stereocenters. The van der Waals surface area contributed by atoms with Crippen LogP contribution in [-0.2, 0) is 14.4 Å². The van der Waals surface area contributed by atoms with Crippen LogP contribution in [0.25, 0.3) is 0 Å². The summed E-state index contributed by atoms with van der Waals surface area (Å²) in [6.07, 6.45) is 5.55. The van der Waals surface area contributed by atoms with Crippen molar-refractivity contribution in [1.29, 1.82) is 0 Å². The van der Waals surface area contributed by atoms with E-state index in [9.17, 15) is 19.5 Å². The van der Waals surface area contributed by atoms with E-state index in [2.05, 4.69) is 12.2 Å². The van der Waals surface area contributed by atoms with Gasteiger partial charge >= 0.3 is 11.9 Å². The Balaban J connectivity index is 3.95. The lowest BCUT2D eigenvalue weighted by Crippen LogP contribution is -2.42. The number of carboxylic acids is 2. The van der Waals surface area contributed by atoms with Crippen molar-refractivity contribution in [2.24, 2.45) is 0 Å². The zero-order valence-corrected chi connectivity index (χ0v) is 13.8. The molecule has 7 nitrogen and oxygen atoms in total. The first-order chi connectivity index (χ1) is 10.9. The molecule has 0 saturated heterocycles. The second-order valence-corrected chi connectivity index (χ2v) is 5.81. The summed E-state index contributed by atoms with van der Waals surface area (Å²) in [4.78, 5) is 33.1. The first-order valence-electron chi connectivity index (χ1n) is 8.28. The molecule has 0 saturated carbocycles. The molecule has 0 heterocycles. The molecule has 0 aliphatic carbocycles. The fourth-order valence-corrected chi connectivity index (χ4v) is 2.25. The summed E-state index contributed by atoms with van der Waals surface area (Å²) in [5, 5.41) is 29.5. The van der Waals surface area contributed by atoms with Gasteiger partial charge in [-0.15, -0.1) is 0 Å². The molecule has 4 N–H and O–H groups in total. The SMILES string of the molecule is CCCCCCCCC(O)CC(=O)NC(CCC(=O)O)C(=O)O. The molecule has 0 fully saturated rings. The Labute approximate surface area is 137 Å². The number of aliphatic hydroxyl groups excluding tert-OH is 1. The molecule has 0 aliphatic rings. The van der Waals surface area contributed by atoms with E-state index < -0.39 is 30.0 Å². The highest BCUT2D eigenvalue weighted by atomic mass is 16.4. The molecule has 1 amide bonds. The Bertz CT molecular complexity index is 372. The third-order valence-electron chi connectivity index (χ3n) is 3.59. The standard InChI is InChI=1S/C16H29NO6/c1-2-3-4-5-6-7-8-12(18)11-14(19)17-13(16(22)23)9-10-15(20)21/h12-13,18H,2-11H2,1H3,(H,17,19)(H,20,21)(H,22,23). The fraction of sp³-hybridized carbons (Fsp3) is 0.812. The molecular weight excluding hydrogens is 302 g/mol. The van der Waals surface area contributed by atoms with Gasteiger partial charge in [0.2, 0.25) is 5.91 Å². The minimum atomic E-state index is -1.27. The minimum Gasteiger partial charge on any atom is -0.481 e. The zero-order chi connectivity index (χ0) is 17.7. The summed E-state index contributed by atoms with van der Waals surface area (Å²) in [5.74, 6) is -2.96. The Morgan fingerprint density at radius 2 is 1.57 bits per heavy atom. The smallest absolute Gasteiger partial charge is 0.326 e. The molecule has 23 heavy (non-hydrogen) atoms. The van der Waals surface area contributed by atoms with Gasteiger partial charge in [0.15, 0.2) is 0 Å². The maximum absolute atomic E-state index is 11.7. The molecule has 0 rings (SSSR count). The van der Waals surface area contributed by atoms with Gasteiger partial charge in [-0.3, -0.25) is 9.59 Å². The van der Waals surface area contributed by atoms with Crippen molar-refractivity contribution in [2.45, 2.75) is 83.3 Å². The summed E-state index contributed by atoms with van der Waals surface area (Å²) >= 11 is 0. The van der Waals surface area contributed by atoms with Crippen LogP contribution in [0.3, 0.4) is 0 Å². The van der Waals surface area contributed by atoms with Crippen LogP contribution in [0.2, 0.25) is 0 Å². The van der Waals surface area contributed by atoms with Crippen molar-refractivity contribution >= 4 is 17.8 Å².